The molecule has 0 saturated carbocycles. The molecule has 0 radical (unpaired) electrons. The molecule has 0 bridgehead atoms. The molecule has 1 atom stereocenters. The van der Waals surface area contributed by atoms with Gasteiger partial charge in [0.25, 0.3) is 0 Å². The average Bonchev–Trinajstić information content (AvgIpc) is 3.04. The van der Waals surface area contributed by atoms with Crippen molar-refractivity contribution < 1.29 is 23.9 Å². The highest BCUT2D eigenvalue weighted by molar-refractivity contribution is 5.85. The predicted octanol–water partition coefficient (Wildman–Crippen LogP) is 5.09. The normalized spacial score (nSPS) is 18.5. The van der Waals surface area contributed by atoms with E-state index in [1.165, 1.54) is 5.56 Å². The third kappa shape index (κ3) is 7.26. The minimum Gasteiger partial charge on any atom is -0.497 e. The molecule has 9 heteroatoms. The van der Waals surface area contributed by atoms with Crippen molar-refractivity contribution in [1.82, 2.24) is 20.3 Å². The van der Waals surface area contributed by atoms with Crippen molar-refractivity contribution in [3.8, 4) is 5.75 Å². The van der Waals surface area contributed by atoms with Crippen LogP contribution in [0, 0.1) is 5.41 Å². The molecule has 0 aliphatic carbocycles. The third-order valence-corrected chi connectivity index (χ3v) is 9.07. The summed E-state index contributed by atoms with van der Waals surface area (Å²) in [5, 5.41) is 10.4. The Morgan fingerprint density at radius 3 is 2.60 bits per heavy atom. The molecule has 1 amide bonds. The number of halogens is 1. The molecule has 2 aliphatic rings. The average molecular weight is 579 g/mol. The lowest BCUT2D eigenvalue weighted by Crippen LogP contribution is -2.48. The Kier molecular flexibility index (Phi) is 10.4. The highest BCUT2D eigenvalue weighted by atomic mass is 19.1. The van der Waals surface area contributed by atoms with Gasteiger partial charge < -0.3 is 14.4 Å². The lowest BCUT2D eigenvalue weighted by Gasteiger charge is -2.40. The summed E-state index contributed by atoms with van der Waals surface area (Å²) in [5.41, 5.74) is 4.60. The molecule has 2 fully saturated rings. The van der Waals surface area contributed by atoms with Crippen molar-refractivity contribution in [2.24, 2.45) is 5.41 Å². The first-order chi connectivity index (χ1) is 20.5. The van der Waals surface area contributed by atoms with Crippen LogP contribution < -0.4 is 10.2 Å². The number of morpholine rings is 1. The van der Waals surface area contributed by atoms with E-state index in [1.807, 2.05) is 29.7 Å². The van der Waals surface area contributed by atoms with E-state index in [0.29, 0.717) is 55.9 Å². The standard InChI is InChI=1S/C33H43FN4O4/c1-41-27-9-10-30-28(22-27)31(26(23-35-30)24-38-18-20-42-21-19-38)29(34)11-12-33(32(39)36-40)13-16-37(17-14-33)15-5-8-25-6-3-2-4-7-25/h2-4,6-7,9-10,22-23,29,40H,5,8,11-21,24H2,1H3,(H,36,39)/t29-/m1/s1. The van der Waals surface area contributed by atoms with Gasteiger partial charge in [0.05, 0.1) is 31.3 Å². The molecule has 1 aromatic heterocycles. The third-order valence-electron chi connectivity index (χ3n) is 9.07. The van der Waals surface area contributed by atoms with E-state index >= 15 is 4.39 Å². The number of nitrogens with one attached hydrogen (secondary N) is 1. The Morgan fingerprint density at radius 2 is 1.88 bits per heavy atom. The molecular formula is C33H43FN4O4. The summed E-state index contributed by atoms with van der Waals surface area (Å²) in [5.74, 6) is 0.241. The van der Waals surface area contributed by atoms with E-state index in [0.717, 1.165) is 56.5 Å². The molecule has 8 nitrogen and oxygen atoms in total. The summed E-state index contributed by atoms with van der Waals surface area (Å²) < 4.78 is 27.5. The smallest absolute Gasteiger partial charge is 0.249 e. The zero-order chi connectivity index (χ0) is 29.4. The number of methoxy groups -OCH3 is 1. The van der Waals surface area contributed by atoms with Gasteiger partial charge >= 0.3 is 0 Å². The fourth-order valence-corrected chi connectivity index (χ4v) is 6.47. The quantitative estimate of drug-likeness (QED) is 0.229. The lowest BCUT2D eigenvalue weighted by atomic mass is 9.73. The minimum atomic E-state index is -1.30. The summed E-state index contributed by atoms with van der Waals surface area (Å²) in [4.78, 5) is 22.3. The molecule has 0 spiro atoms. The van der Waals surface area contributed by atoms with Crippen LogP contribution in [0.1, 0.15) is 55.0 Å². The van der Waals surface area contributed by atoms with Crippen LogP contribution in [0.2, 0.25) is 0 Å². The molecule has 2 aliphatic heterocycles. The first kappa shape index (κ1) is 30.4. The molecule has 226 valence electrons. The summed E-state index contributed by atoms with van der Waals surface area (Å²) in [6.07, 6.45) is 4.24. The van der Waals surface area contributed by atoms with Gasteiger partial charge in [-0.1, -0.05) is 30.3 Å². The highest BCUT2D eigenvalue weighted by Crippen LogP contribution is 2.42. The van der Waals surface area contributed by atoms with E-state index in [4.69, 9.17) is 9.47 Å². The molecule has 3 heterocycles. The van der Waals surface area contributed by atoms with Gasteiger partial charge in [-0.25, -0.2) is 9.87 Å². The number of hydrogen-bond donors (Lipinski definition) is 2. The van der Waals surface area contributed by atoms with Gasteiger partial charge in [-0.2, -0.15) is 0 Å². The number of hydrogen-bond acceptors (Lipinski definition) is 7. The number of benzene rings is 2. The first-order valence-electron chi connectivity index (χ1n) is 15.1. The van der Waals surface area contributed by atoms with Crippen molar-refractivity contribution >= 4 is 16.8 Å². The van der Waals surface area contributed by atoms with Crippen molar-refractivity contribution in [2.45, 2.75) is 51.2 Å². The number of fused-ring (bicyclic) bond motifs is 1. The fourth-order valence-electron chi connectivity index (χ4n) is 6.47. The van der Waals surface area contributed by atoms with Crippen LogP contribution in [0.3, 0.4) is 0 Å². The van der Waals surface area contributed by atoms with Gasteiger partial charge in [-0.05, 0) is 87.5 Å². The number of nitrogens with zero attached hydrogens (tertiary/aromatic N) is 3. The molecular weight excluding hydrogens is 535 g/mol. The van der Waals surface area contributed by atoms with E-state index in [9.17, 15) is 10.0 Å². The first-order valence-corrected chi connectivity index (χ1v) is 15.1. The maximum atomic E-state index is 16.5. The number of aromatic nitrogens is 1. The number of ether oxygens (including phenoxy) is 2. The maximum absolute atomic E-state index is 16.5. The second-order valence-corrected chi connectivity index (χ2v) is 11.6. The Morgan fingerprint density at radius 1 is 1.12 bits per heavy atom. The summed E-state index contributed by atoms with van der Waals surface area (Å²) in [6, 6.07) is 16.0. The van der Waals surface area contributed by atoms with Crippen molar-refractivity contribution in [1.29, 1.82) is 0 Å². The van der Waals surface area contributed by atoms with Crippen LogP contribution in [0.5, 0.6) is 5.75 Å². The van der Waals surface area contributed by atoms with Crippen LogP contribution in [-0.2, 0) is 22.5 Å². The highest BCUT2D eigenvalue weighted by Gasteiger charge is 2.41. The number of carbonyl (C=O) groups is 1. The molecule has 5 rings (SSSR count). The number of hydroxylamine groups is 1. The molecule has 0 unspecified atom stereocenters. The van der Waals surface area contributed by atoms with Crippen molar-refractivity contribution in [3.05, 3.63) is 71.4 Å². The van der Waals surface area contributed by atoms with Crippen LogP contribution in [0.4, 0.5) is 4.39 Å². The maximum Gasteiger partial charge on any atom is 0.249 e. The topological polar surface area (TPSA) is 87.2 Å². The summed E-state index contributed by atoms with van der Waals surface area (Å²) >= 11 is 0. The minimum absolute atomic E-state index is 0.174. The molecule has 2 N–H and O–H groups in total. The predicted molar refractivity (Wildman–Crippen MR) is 160 cm³/mol. The van der Waals surface area contributed by atoms with Gasteiger partial charge in [0, 0.05) is 36.8 Å². The Balaban J connectivity index is 1.29. The fraction of sp³-hybridized carbons (Fsp3) is 0.515. The zero-order valence-corrected chi connectivity index (χ0v) is 24.6. The summed E-state index contributed by atoms with van der Waals surface area (Å²) in [7, 11) is 1.60. The lowest BCUT2D eigenvalue weighted by molar-refractivity contribution is -0.143. The van der Waals surface area contributed by atoms with Crippen molar-refractivity contribution in [3.63, 3.8) is 0 Å². The van der Waals surface area contributed by atoms with E-state index in [1.54, 1.807) is 13.3 Å². The van der Waals surface area contributed by atoms with Gasteiger partial charge in [-0.15, -0.1) is 0 Å². The molecule has 42 heavy (non-hydrogen) atoms. The molecule has 2 aromatic carbocycles. The Bertz CT molecular complexity index is 1310. The number of pyridine rings is 1. The molecule has 3 aromatic rings. The van der Waals surface area contributed by atoms with Crippen LogP contribution >= 0.6 is 0 Å². The van der Waals surface area contributed by atoms with E-state index < -0.39 is 17.5 Å². The van der Waals surface area contributed by atoms with Crippen LogP contribution in [0.25, 0.3) is 10.9 Å². The SMILES string of the molecule is COc1ccc2ncc(CN3CCOCC3)c([C@H](F)CCC3(C(=O)NO)CCN(CCCc4ccccc4)CC3)c2c1. The van der Waals surface area contributed by atoms with E-state index in [2.05, 4.69) is 39.0 Å². The van der Waals surface area contributed by atoms with Gasteiger partial charge in [0.1, 0.15) is 11.9 Å². The van der Waals surface area contributed by atoms with Crippen LogP contribution in [-0.4, -0.2) is 78.9 Å². The zero-order valence-electron chi connectivity index (χ0n) is 24.6. The molecule has 2 saturated heterocycles. The Labute approximate surface area is 247 Å². The number of piperidine rings is 1. The summed E-state index contributed by atoms with van der Waals surface area (Å²) in [6.45, 7) is 5.92. The number of aryl methyl sites for hydroxylation is 1. The Hall–Kier alpha value is -3.11. The van der Waals surface area contributed by atoms with E-state index in [-0.39, 0.29) is 6.42 Å². The second-order valence-electron chi connectivity index (χ2n) is 11.6. The number of rotatable bonds is 12. The monoisotopic (exact) mass is 578 g/mol. The second kappa shape index (κ2) is 14.4. The van der Waals surface area contributed by atoms with Crippen molar-refractivity contribution in [2.75, 3.05) is 53.0 Å². The van der Waals surface area contributed by atoms with Gasteiger partial charge in [-0.3, -0.25) is 19.9 Å². The van der Waals surface area contributed by atoms with Crippen LogP contribution in [0.15, 0.2) is 54.7 Å². The number of alkyl halides is 1. The largest absolute Gasteiger partial charge is 0.497 e. The number of carbonyl (C=O) groups excluding carboxylic acids is 1. The number of amides is 1. The van der Waals surface area contributed by atoms with Gasteiger partial charge in [0.15, 0.2) is 0 Å². The van der Waals surface area contributed by atoms with Gasteiger partial charge in [0.2, 0.25) is 5.91 Å². The number of likely N-dealkylation sites (tertiary alicyclic amines) is 1.